The normalized spacial score (nSPS) is 32.3. The van der Waals surface area contributed by atoms with Gasteiger partial charge in [-0.3, -0.25) is 0 Å². The van der Waals surface area contributed by atoms with E-state index in [1.807, 2.05) is 0 Å². The van der Waals surface area contributed by atoms with Crippen molar-refractivity contribution in [2.45, 2.75) is 38.3 Å². The molecular weight excluding hydrogens is 252 g/mol. The molecule has 0 aromatic heterocycles. The maximum atomic E-state index is 11.9. The monoisotopic (exact) mass is 270 g/mol. The van der Waals surface area contributed by atoms with Crippen molar-refractivity contribution in [1.82, 2.24) is 0 Å². The molecule has 0 radical (unpaired) electrons. The molecule has 0 amide bonds. The predicted octanol–water partition coefficient (Wildman–Crippen LogP) is -0.0251. The van der Waals surface area contributed by atoms with E-state index in [2.05, 4.69) is 5.16 Å². The Morgan fingerprint density at radius 3 is 2.74 bits per heavy atom. The maximum absolute atomic E-state index is 11.9. The van der Waals surface area contributed by atoms with E-state index in [-0.39, 0.29) is 24.8 Å². The number of esters is 2. The average molecular weight is 270 g/mol. The minimum atomic E-state index is -1.24. The van der Waals surface area contributed by atoms with E-state index < -0.39 is 23.6 Å². The third kappa shape index (κ3) is 2.18. The Morgan fingerprint density at radius 1 is 1.42 bits per heavy atom. The molecule has 106 valence electrons. The quantitative estimate of drug-likeness (QED) is 0.720. The maximum Gasteiger partial charge on any atom is 0.356 e. The van der Waals surface area contributed by atoms with Gasteiger partial charge in [0.1, 0.15) is 0 Å². The van der Waals surface area contributed by atoms with Crippen LogP contribution in [0.25, 0.3) is 0 Å². The average Bonchev–Trinajstić information content (AvgIpc) is 2.92. The van der Waals surface area contributed by atoms with Gasteiger partial charge in [-0.1, -0.05) is 5.16 Å². The van der Waals surface area contributed by atoms with E-state index in [4.69, 9.17) is 20.0 Å². The molecule has 1 saturated carbocycles. The largest absolute Gasteiger partial charge is 0.465 e. The Kier molecular flexibility index (Phi) is 3.75. The van der Waals surface area contributed by atoms with Crippen LogP contribution in [0.15, 0.2) is 5.16 Å². The molecule has 1 aliphatic heterocycles. The van der Waals surface area contributed by atoms with Gasteiger partial charge in [0.15, 0.2) is 17.4 Å². The zero-order valence-corrected chi connectivity index (χ0v) is 11.0. The first kappa shape index (κ1) is 13.8. The zero-order chi connectivity index (χ0) is 14.0. The topological polar surface area (TPSA) is 100 Å². The fraction of sp³-hybridized carbons (Fsp3) is 0.750. The first-order valence-electron chi connectivity index (χ1n) is 6.41. The molecule has 1 fully saturated rings. The van der Waals surface area contributed by atoms with E-state index in [0.29, 0.717) is 12.8 Å². The van der Waals surface area contributed by atoms with Crippen LogP contribution >= 0.6 is 0 Å². The molecule has 0 spiro atoms. The van der Waals surface area contributed by atoms with E-state index >= 15 is 0 Å². The van der Waals surface area contributed by atoms with Gasteiger partial charge in [-0.05, 0) is 26.7 Å². The molecule has 2 rings (SSSR count). The molecule has 19 heavy (non-hydrogen) atoms. The molecular formula is C12H18N2O5. The van der Waals surface area contributed by atoms with Gasteiger partial charge in [0.2, 0.25) is 0 Å². The number of carbonyl (C=O) groups is 2. The fourth-order valence-corrected chi connectivity index (χ4v) is 2.55. The van der Waals surface area contributed by atoms with Crippen LogP contribution in [0.2, 0.25) is 0 Å². The van der Waals surface area contributed by atoms with Crippen molar-refractivity contribution in [2.75, 3.05) is 13.2 Å². The summed E-state index contributed by atoms with van der Waals surface area (Å²) < 4.78 is 9.87. The zero-order valence-electron chi connectivity index (χ0n) is 11.0. The van der Waals surface area contributed by atoms with Crippen molar-refractivity contribution >= 4 is 17.7 Å². The summed E-state index contributed by atoms with van der Waals surface area (Å²) in [6.07, 6.45) is 0.308. The molecule has 1 aliphatic carbocycles. The van der Waals surface area contributed by atoms with E-state index in [0.717, 1.165) is 0 Å². The molecule has 3 atom stereocenters. The van der Waals surface area contributed by atoms with Gasteiger partial charge in [-0.25, -0.2) is 9.59 Å². The molecule has 1 heterocycles. The number of nitrogens with zero attached hydrogens (tertiary/aromatic N) is 1. The van der Waals surface area contributed by atoms with Gasteiger partial charge in [-0.2, -0.15) is 0 Å². The number of oxime groups is 1. The Balaban J connectivity index is 2.11. The molecule has 7 heteroatoms. The molecule has 2 N–H and O–H groups in total. The Hall–Kier alpha value is -1.63. The summed E-state index contributed by atoms with van der Waals surface area (Å²) in [5.41, 5.74) is 5.06. The highest BCUT2D eigenvalue weighted by atomic mass is 16.7. The summed E-state index contributed by atoms with van der Waals surface area (Å²) in [7, 11) is 0. The highest BCUT2D eigenvalue weighted by Gasteiger charge is 2.59. The number of nitrogens with two attached hydrogens (primary N) is 1. The highest BCUT2D eigenvalue weighted by molar-refractivity contribution is 6.37. The molecule has 0 saturated heterocycles. The minimum Gasteiger partial charge on any atom is -0.465 e. The van der Waals surface area contributed by atoms with Gasteiger partial charge >= 0.3 is 11.9 Å². The van der Waals surface area contributed by atoms with Gasteiger partial charge in [0.25, 0.3) is 0 Å². The number of fused-ring (bicyclic) bond motifs is 1. The Bertz CT molecular complexity index is 422. The lowest BCUT2D eigenvalue weighted by Crippen LogP contribution is -2.56. The van der Waals surface area contributed by atoms with Gasteiger partial charge in [0.05, 0.1) is 19.1 Å². The first-order valence-corrected chi connectivity index (χ1v) is 6.41. The van der Waals surface area contributed by atoms with Gasteiger partial charge in [0, 0.05) is 0 Å². The minimum absolute atomic E-state index is 0.212. The van der Waals surface area contributed by atoms with Crippen molar-refractivity contribution in [1.29, 1.82) is 0 Å². The summed E-state index contributed by atoms with van der Waals surface area (Å²) in [5.74, 6) is -1.32. The van der Waals surface area contributed by atoms with Gasteiger partial charge in [-0.15, -0.1) is 0 Å². The number of rotatable bonds is 4. The van der Waals surface area contributed by atoms with Crippen LogP contribution in [0.3, 0.4) is 0 Å². The lowest BCUT2D eigenvalue weighted by atomic mass is 9.92. The van der Waals surface area contributed by atoms with Crippen LogP contribution in [-0.4, -0.2) is 42.5 Å². The van der Waals surface area contributed by atoms with E-state index in [1.54, 1.807) is 13.8 Å². The van der Waals surface area contributed by atoms with Crippen molar-refractivity contribution in [3.8, 4) is 0 Å². The molecule has 0 unspecified atom stereocenters. The number of ether oxygens (including phenoxy) is 2. The van der Waals surface area contributed by atoms with E-state index in [1.165, 1.54) is 0 Å². The molecule has 0 bridgehead atoms. The second-order valence-corrected chi connectivity index (χ2v) is 4.63. The van der Waals surface area contributed by atoms with Crippen LogP contribution in [0.1, 0.15) is 26.7 Å². The number of carbonyl (C=O) groups excluding carboxylic acids is 2. The van der Waals surface area contributed by atoms with Crippen molar-refractivity contribution in [2.24, 2.45) is 16.8 Å². The van der Waals surface area contributed by atoms with Crippen LogP contribution < -0.4 is 5.73 Å². The second-order valence-electron chi connectivity index (χ2n) is 4.63. The predicted molar refractivity (Wildman–Crippen MR) is 65.2 cm³/mol. The molecule has 7 nitrogen and oxygen atoms in total. The summed E-state index contributed by atoms with van der Waals surface area (Å²) in [4.78, 5) is 28.8. The first-order chi connectivity index (χ1) is 9.04. The van der Waals surface area contributed by atoms with E-state index in [9.17, 15) is 9.59 Å². The summed E-state index contributed by atoms with van der Waals surface area (Å²) in [6.45, 7) is 3.94. The molecule has 0 aromatic rings. The van der Waals surface area contributed by atoms with Gasteiger partial charge < -0.3 is 20.0 Å². The SMILES string of the molecule is CCOC(=O)C1=NO[C@@H]2[C@H]1CC[C@]2(N)C(=O)OCC. The Morgan fingerprint density at radius 2 is 2.11 bits per heavy atom. The van der Waals surface area contributed by atoms with Crippen molar-refractivity contribution < 1.29 is 23.9 Å². The van der Waals surface area contributed by atoms with Crippen LogP contribution in [0, 0.1) is 5.92 Å². The fourth-order valence-electron chi connectivity index (χ4n) is 2.55. The lowest BCUT2D eigenvalue weighted by molar-refractivity contribution is -0.154. The highest BCUT2D eigenvalue weighted by Crippen LogP contribution is 2.41. The Labute approximate surface area is 111 Å². The third-order valence-corrected chi connectivity index (χ3v) is 3.50. The standard InChI is InChI=1S/C12H18N2O5/c1-3-17-10(15)8-7-5-6-12(13,9(7)19-14-8)11(16)18-4-2/h7,9H,3-6,13H2,1-2H3/t7-,9+,12+/m0/s1. The summed E-state index contributed by atoms with van der Waals surface area (Å²) in [5, 5.41) is 3.73. The lowest BCUT2D eigenvalue weighted by Gasteiger charge is -2.26. The number of hydrogen-bond donors (Lipinski definition) is 1. The van der Waals surface area contributed by atoms with Crippen LogP contribution in [0.5, 0.6) is 0 Å². The smallest absolute Gasteiger partial charge is 0.356 e. The van der Waals surface area contributed by atoms with Crippen molar-refractivity contribution in [3.05, 3.63) is 0 Å². The second kappa shape index (κ2) is 5.16. The summed E-state index contributed by atoms with van der Waals surface area (Å²) >= 11 is 0. The summed E-state index contributed by atoms with van der Waals surface area (Å²) in [6, 6.07) is 0. The van der Waals surface area contributed by atoms with Crippen molar-refractivity contribution in [3.63, 3.8) is 0 Å². The third-order valence-electron chi connectivity index (χ3n) is 3.50. The van der Waals surface area contributed by atoms with Crippen LogP contribution in [0.4, 0.5) is 0 Å². The molecule has 0 aromatic carbocycles. The molecule has 2 aliphatic rings. The van der Waals surface area contributed by atoms with Crippen LogP contribution in [-0.2, 0) is 23.9 Å². The number of hydrogen-bond acceptors (Lipinski definition) is 7.